The zero-order valence-corrected chi connectivity index (χ0v) is 14.9. The van der Waals surface area contributed by atoms with Gasteiger partial charge in [0.2, 0.25) is 0 Å². The van der Waals surface area contributed by atoms with Gasteiger partial charge in [0.1, 0.15) is 11.9 Å². The highest BCUT2D eigenvalue weighted by Gasteiger charge is 2.48. The molecule has 27 heavy (non-hydrogen) atoms. The first kappa shape index (κ1) is 17.8. The normalized spacial score (nSPS) is 27.4. The van der Waals surface area contributed by atoms with Crippen molar-refractivity contribution < 1.29 is 23.9 Å². The zero-order valence-electron chi connectivity index (χ0n) is 14.9. The summed E-state index contributed by atoms with van der Waals surface area (Å²) >= 11 is 0. The summed E-state index contributed by atoms with van der Waals surface area (Å²) in [5.41, 5.74) is 0.255. The van der Waals surface area contributed by atoms with Crippen molar-refractivity contribution in [2.75, 3.05) is 18.0 Å². The van der Waals surface area contributed by atoms with Crippen LogP contribution in [0.5, 0.6) is 0 Å². The summed E-state index contributed by atoms with van der Waals surface area (Å²) in [6, 6.07) is 2.60. The Bertz CT molecular complexity index is 799. The molecule has 2 heterocycles. The maximum absolute atomic E-state index is 14.5. The highest BCUT2D eigenvalue weighted by atomic mass is 19.1. The molecule has 4 rings (SSSR count). The predicted octanol–water partition coefficient (Wildman–Crippen LogP) is 2.21. The summed E-state index contributed by atoms with van der Waals surface area (Å²) in [5.74, 6) is -2.20. The number of rotatable bonds is 3. The van der Waals surface area contributed by atoms with Crippen LogP contribution in [0.4, 0.5) is 14.9 Å². The van der Waals surface area contributed by atoms with Crippen molar-refractivity contribution in [3.05, 3.63) is 29.6 Å². The molecule has 2 saturated heterocycles. The van der Waals surface area contributed by atoms with Gasteiger partial charge in [-0.05, 0) is 43.4 Å². The van der Waals surface area contributed by atoms with E-state index >= 15 is 0 Å². The van der Waals surface area contributed by atoms with Gasteiger partial charge >= 0.3 is 12.0 Å². The number of anilines is 1. The molecule has 144 valence electrons. The van der Waals surface area contributed by atoms with E-state index in [1.807, 2.05) is 0 Å². The number of halogens is 1. The smallest absolute Gasteiger partial charge is 0.326 e. The molecule has 1 saturated carbocycles. The molecule has 1 aromatic carbocycles. The van der Waals surface area contributed by atoms with Crippen LogP contribution in [0, 0.1) is 11.7 Å². The van der Waals surface area contributed by atoms with Crippen LogP contribution in [0.25, 0.3) is 0 Å². The minimum absolute atomic E-state index is 0.152. The number of carboxylic acid groups (broad SMARTS) is 1. The minimum Gasteiger partial charge on any atom is -0.480 e. The van der Waals surface area contributed by atoms with E-state index in [-0.39, 0.29) is 23.6 Å². The van der Waals surface area contributed by atoms with E-state index in [1.54, 1.807) is 0 Å². The number of amides is 3. The second-order valence-electron chi connectivity index (χ2n) is 7.46. The quantitative estimate of drug-likeness (QED) is 0.848. The highest BCUT2D eigenvalue weighted by Crippen LogP contribution is 2.41. The summed E-state index contributed by atoms with van der Waals surface area (Å²) in [6.07, 6.45) is 4.03. The van der Waals surface area contributed by atoms with E-state index in [2.05, 4.69) is 5.32 Å². The molecule has 3 amide bonds. The molecule has 0 unspecified atom stereocenters. The highest BCUT2D eigenvalue weighted by molar-refractivity contribution is 6.00. The van der Waals surface area contributed by atoms with Gasteiger partial charge in [-0.3, -0.25) is 9.69 Å². The number of carboxylic acids is 1. The Morgan fingerprint density at radius 3 is 2.70 bits per heavy atom. The van der Waals surface area contributed by atoms with Crippen LogP contribution in [-0.4, -0.2) is 53.1 Å². The van der Waals surface area contributed by atoms with Crippen molar-refractivity contribution in [3.63, 3.8) is 0 Å². The fourth-order valence-electron chi connectivity index (χ4n) is 4.67. The first-order valence-corrected chi connectivity index (χ1v) is 9.37. The van der Waals surface area contributed by atoms with Gasteiger partial charge in [0, 0.05) is 24.8 Å². The van der Waals surface area contributed by atoms with Crippen LogP contribution in [0.2, 0.25) is 0 Å². The van der Waals surface area contributed by atoms with Crippen molar-refractivity contribution in [2.24, 2.45) is 5.92 Å². The standard InChI is InChI=1S/C19H22FN3O4/c20-14-6-5-12(22-8-7-21-19(22)27)10-13(14)17(24)23-15-4-2-1-3-11(15)9-16(23)18(25)26/h5-6,10-11,15-16H,1-4,7-9H2,(H,21,27)(H,25,26)/t11-,15-,16-/m0/s1. The molecule has 2 aliphatic heterocycles. The fraction of sp³-hybridized carbons (Fsp3) is 0.526. The monoisotopic (exact) mass is 375 g/mol. The Kier molecular flexibility index (Phi) is 4.49. The third-order valence-electron chi connectivity index (χ3n) is 5.96. The lowest BCUT2D eigenvalue weighted by Gasteiger charge is -2.33. The first-order valence-electron chi connectivity index (χ1n) is 9.37. The largest absolute Gasteiger partial charge is 0.480 e. The second-order valence-corrected chi connectivity index (χ2v) is 7.46. The Labute approximate surface area is 156 Å². The number of nitrogens with zero attached hydrogens (tertiary/aromatic N) is 2. The molecule has 3 fully saturated rings. The molecule has 0 bridgehead atoms. The van der Waals surface area contributed by atoms with Crippen LogP contribution in [0.15, 0.2) is 18.2 Å². The molecule has 3 aliphatic rings. The summed E-state index contributed by atoms with van der Waals surface area (Å²) < 4.78 is 14.5. The van der Waals surface area contributed by atoms with E-state index in [4.69, 9.17) is 0 Å². The van der Waals surface area contributed by atoms with Crippen LogP contribution in [0.3, 0.4) is 0 Å². The average molecular weight is 375 g/mol. The maximum atomic E-state index is 14.5. The van der Waals surface area contributed by atoms with Crippen molar-refractivity contribution >= 4 is 23.6 Å². The molecule has 2 N–H and O–H groups in total. The van der Waals surface area contributed by atoms with Gasteiger partial charge in [-0.2, -0.15) is 0 Å². The molecule has 1 aromatic rings. The molecular weight excluding hydrogens is 353 g/mol. The SMILES string of the molecule is O=C(O)[C@@H]1C[C@@H]2CCCC[C@@H]2N1C(=O)c1cc(N2CCNC2=O)ccc1F. The molecule has 7 nitrogen and oxygen atoms in total. The molecular formula is C19H22FN3O4. The van der Waals surface area contributed by atoms with E-state index in [9.17, 15) is 23.9 Å². The van der Waals surface area contributed by atoms with Crippen molar-refractivity contribution in [1.82, 2.24) is 10.2 Å². The average Bonchev–Trinajstić information content (AvgIpc) is 3.25. The molecule has 0 spiro atoms. The van der Waals surface area contributed by atoms with Crippen LogP contribution in [-0.2, 0) is 4.79 Å². The second kappa shape index (κ2) is 6.83. The van der Waals surface area contributed by atoms with Crippen LogP contribution >= 0.6 is 0 Å². The van der Waals surface area contributed by atoms with E-state index in [0.29, 0.717) is 25.2 Å². The lowest BCUT2D eigenvalue weighted by atomic mass is 9.84. The van der Waals surface area contributed by atoms with E-state index in [0.717, 1.165) is 25.7 Å². The van der Waals surface area contributed by atoms with Gasteiger partial charge in [-0.15, -0.1) is 0 Å². The molecule has 3 atom stereocenters. The Hall–Kier alpha value is -2.64. The van der Waals surface area contributed by atoms with Gasteiger partial charge in [0.25, 0.3) is 5.91 Å². The Balaban J connectivity index is 1.68. The number of likely N-dealkylation sites (tertiary alicyclic amines) is 1. The van der Waals surface area contributed by atoms with Gasteiger partial charge in [-0.1, -0.05) is 12.8 Å². The number of benzene rings is 1. The van der Waals surface area contributed by atoms with E-state index in [1.165, 1.54) is 28.0 Å². The van der Waals surface area contributed by atoms with Crippen molar-refractivity contribution in [1.29, 1.82) is 0 Å². The first-order chi connectivity index (χ1) is 13.0. The summed E-state index contributed by atoms with van der Waals surface area (Å²) in [6.45, 7) is 0.917. The minimum atomic E-state index is -1.05. The molecule has 1 aliphatic carbocycles. The number of hydrogen-bond donors (Lipinski definition) is 2. The maximum Gasteiger partial charge on any atom is 0.326 e. The lowest BCUT2D eigenvalue weighted by Crippen LogP contribution is -2.46. The predicted molar refractivity (Wildman–Crippen MR) is 95.1 cm³/mol. The zero-order chi connectivity index (χ0) is 19.1. The Morgan fingerprint density at radius 1 is 1.22 bits per heavy atom. The molecule has 0 aromatic heterocycles. The number of nitrogens with one attached hydrogen (secondary N) is 1. The summed E-state index contributed by atoms with van der Waals surface area (Å²) in [7, 11) is 0. The van der Waals surface area contributed by atoms with E-state index < -0.39 is 23.7 Å². The number of hydrogen-bond acceptors (Lipinski definition) is 3. The number of aliphatic carboxylic acids is 1. The Morgan fingerprint density at radius 2 is 2.00 bits per heavy atom. The third-order valence-corrected chi connectivity index (χ3v) is 5.96. The van der Waals surface area contributed by atoms with Crippen molar-refractivity contribution in [3.8, 4) is 0 Å². The fourth-order valence-corrected chi connectivity index (χ4v) is 4.67. The summed E-state index contributed by atoms with van der Waals surface area (Å²) in [5, 5.41) is 12.3. The summed E-state index contributed by atoms with van der Waals surface area (Å²) in [4.78, 5) is 39.6. The van der Waals surface area contributed by atoms with Gasteiger partial charge in [0.15, 0.2) is 0 Å². The van der Waals surface area contributed by atoms with Gasteiger partial charge in [0.05, 0.1) is 5.56 Å². The number of urea groups is 1. The molecule has 0 radical (unpaired) electrons. The van der Waals surface area contributed by atoms with Crippen molar-refractivity contribution in [2.45, 2.75) is 44.2 Å². The number of carbonyl (C=O) groups is 3. The molecule has 8 heteroatoms. The number of carbonyl (C=O) groups excluding carboxylic acids is 2. The van der Waals surface area contributed by atoms with Crippen LogP contribution in [0.1, 0.15) is 42.5 Å². The third kappa shape index (κ3) is 3.02. The van der Waals surface area contributed by atoms with Gasteiger partial charge in [-0.25, -0.2) is 14.0 Å². The van der Waals surface area contributed by atoms with Gasteiger partial charge < -0.3 is 15.3 Å². The number of fused-ring (bicyclic) bond motifs is 1. The van der Waals surface area contributed by atoms with Crippen LogP contribution < -0.4 is 10.2 Å². The topological polar surface area (TPSA) is 89.9 Å². The lowest BCUT2D eigenvalue weighted by molar-refractivity contribution is -0.141.